The van der Waals surface area contributed by atoms with Crippen LogP contribution in [0.5, 0.6) is 0 Å². The summed E-state index contributed by atoms with van der Waals surface area (Å²) in [6.45, 7) is 1.97. The Morgan fingerprint density at radius 3 is 2.82 bits per heavy atom. The summed E-state index contributed by atoms with van der Waals surface area (Å²) >= 11 is 3.32. The van der Waals surface area contributed by atoms with Gasteiger partial charge in [0.05, 0.1) is 9.90 Å². The lowest BCUT2D eigenvalue weighted by Crippen LogP contribution is -2.29. The van der Waals surface area contributed by atoms with Crippen molar-refractivity contribution in [3.63, 3.8) is 0 Å². The molecule has 17 heavy (non-hydrogen) atoms. The van der Waals surface area contributed by atoms with Gasteiger partial charge in [-0.15, -0.1) is 11.8 Å². The number of nitrogen functional groups attached to an aromatic ring is 1. The lowest BCUT2D eigenvalue weighted by Gasteiger charge is -2.00. The summed E-state index contributed by atoms with van der Waals surface area (Å²) in [5, 5.41) is 0.629. The van der Waals surface area contributed by atoms with Gasteiger partial charge in [0.2, 0.25) is 5.91 Å². The number of thioether (sulfide) groups is 1. The van der Waals surface area contributed by atoms with Gasteiger partial charge in [0.1, 0.15) is 0 Å². The van der Waals surface area contributed by atoms with Crippen molar-refractivity contribution in [2.24, 2.45) is 5.84 Å². The number of aryl methyl sites for hydroxylation is 1. The molecule has 0 aliphatic heterocycles. The van der Waals surface area contributed by atoms with Crippen LogP contribution in [-0.4, -0.2) is 16.6 Å². The molecule has 1 aromatic rings. The SMILES string of the molecule is Cc1nc(N)sc1SCCCCCC(=O)NN. The Kier molecular flexibility index (Phi) is 6.31. The number of hydrogen-bond donors (Lipinski definition) is 3. The highest BCUT2D eigenvalue weighted by molar-refractivity contribution is 8.01. The van der Waals surface area contributed by atoms with Crippen molar-refractivity contribution in [1.29, 1.82) is 0 Å². The van der Waals surface area contributed by atoms with Crippen molar-refractivity contribution < 1.29 is 4.79 Å². The quantitative estimate of drug-likeness (QED) is 0.231. The van der Waals surface area contributed by atoms with E-state index in [1.807, 2.05) is 6.92 Å². The van der Waals surface area contributed by atoms with E-state index in [0.29, 0.717) is 11.6 Å². The molecule has 1 heterocycles. The van der Waals surface area contributed by atoms with Gasteiger partial charge in [0.15, 0.2) is 5.13 Å². The van der Waals surface area contributed by atoms with E-state index in [-0.39, 0.29) is 5.91 Å². The molecule has 96 valence electrons. The third kappa shape index (κ3) is 5.38. The average Bonchev–Trinajstić information content (AvgIpc) is 2.62. The number of carbonyl (C=O) groups excluding carboxylic acids is 1. The van der Waals surface area contributed by atoms with Crippen LogP contribution >= 0.6 is 23.1 Å². The topological polar surface area (TPSA) is 94.0 Å². The Labute approximate surface area is 109 Å². The van der Waals surface area contributed by atoms with Crippen molar-refractivity contribution in [2.75, 3.05) is 11.5 Å². The molecule has 5 nitrogen and oxygen atoms in total. The zero-order valence-electron chi connectivity index (χ0n) is 9.86. The molecule has 7 heteroatoms. The normalized spacial score (nSPS) is 10.5. The van der Waals surface area contributed by atoms with Gasteiger partial charge in [-0.05, 0) is 25.5 Å². The number of aromatic nitrogens is 1. The van der Waals surface area contributed by atoms with Crippen molar-refractivity contribution in [3.8, 4) is 0 Å². The maximum Gasteiger partial charge on any atom is 0.233 e. The molecule has 0 spiro atoms. The molecule has 0 aromatic carbocycles. The van der Waals surface area contributed by atoms with Crippen LogP contribution in [0.15, 0.2) is 4.21 Å². The van der Waals surface area contributed by atoms with Crippen LogP contribution in [0.3, 0.4) is 0 Å². The first-order valence-electron chi connectivity index (χ1n) is 5.48. The molecule has 0 saturated carbocycles. The third-order valence-corrected chi connectivity index (χ3v) is 4.65. The largest absolute Gasteiger partial charge is 0.375 e. The van der Waals surface area contributed by atoms with E-state index in [1.54, 1.807) is 11.8 Å². The Hall–Kier alpha value is -0.790. The number of nitrogens with zero attached hydrogens (tertiary/aromatic N) is 1. The summed E-state index contributed by atoms with van der Waals surface area (Å²) in [6.07, 6.45) is 3.51. The van der Waals surface area contributed by atoms with Gasteiger partial charge in [-0.3, -0.25) is 10.2 Å². The van der Waals surface area contributed by atoms with E-state index in [0.717, 1.165) is 30.7 Å². The number of hydrogen-bond acceptors (Lipinski definition) is 6. The van der Waals surface area contributed by atoms with E-state index < -0.39 is 0 Å². The van der Waals surface area contributed by atoms with Crippen LogP contribution in [0, 0.1) is 6.92 Å². The van der Waals surface area contributed by atoms with Gasteiger partial charge >= 0.3 is 0 Å². The number of amides is 1. The van der Waals surface area contributed by atoms with Gasteiger partial charge in [0, 0.05) is 6.42 Å². The lowest BCUT2D eigenvalue weighted by molar-refractivity contribution is -0.121. The first kappa shape index (κ1) is 14.3. The highest BCUT2D eigenvalue weighted by atomic mass is 32.2. The molecule has 0 saturated heterocycles. The average molecular weight is 274 g/mol. The molecule has 0 aliphatic carbocycles. The van der Waals surface area contributed by atoms with Crippen LogP contribution in [0.4, 0.5) is 5.13 Å². The summed E-state index contributed by atoms with van der Waals surface area (Å²) in [7, 11) is 0. The monoisotopic (exact) mass is 274 g/mol. The first-order valence-corrected chi connectivity index (χ1v) is 7.29. The molecule has 0 aliphatic rings. The minimum Gasteiger partial charge on any atom is -0.375 e. The molecule has 5 N–H and O–H groups in total. The fourth-order valence-electron chi connectivity index (χ4n) is 1.34. The summed E-state index contributed by atoms with van der Waals surface area (Å²) in [6, 6.07) is 0. The number of unbranched alkanes of at least 4 members (excludes halogenated alkanes) is 2. The zero-order valence-corrected chi connectivity index (χ0v) is 11.5. The highest BCUT2D eigenvalue weighted by Crippen LogP contribution is 2.31. The highest BCUT2D eigenvalue weighted by Gasteiger charge is 2.05. The number of nitrogens with one attached hydrogen (secondary N) is 1. The Morgan fingerprint density at radius 2 is 2.24 bits per heavy atom. The number of carbonyl (C=O) groups is 1. The summed E-state index contributed by atoms with van der Waals surface area (Å²) < 4.78 is 1.20. The first-order chi connectivity index (χ1) is 8.13. The van der Waals surface area contributed by atoms with Crippen LogP contribution in [-0.2, 0) is 4.79 Å². The van der Waals surface area contributed by atoms with E-state index in [9.17, 15) is 4.79 Å². The Bertz CT molecular complexity index is 367. The van der Waals surface area contributed by atoms with E-state index in [2.05, 4.69) is 10.4 Å². The standard InChI is InChI=1S/C10H18N4OS2/c1-7-9(17-10(11)13-7)16-6-4-2-3-5-8(15)14-12/h2-6,12H2,1H3,(H2,11,13)(H,14,15). The summed E-state index contributed by atoms with van der Waals surface area (Å²) in [5.74, 6) is 5.93. The minimum atomic E-state index is -0.0938. The molecule has 1 aromatic heterocycles. The molecule has 0 bridgehead atoms. The van der Waals surface area contributed by atoms with Gasteiger partial charge in [-0.25, -0.2) is 10.8 Å². The van der Waals surface area contributed by atoms with Crippen molar-refractivity contribution in [1.82, 2.24) is 10.4 Å². The van der Waals surface area contributed by atoms with Crippen molar-refractivity contribution >= 4 is 34.1 Å². The van der Waals surface area contributed by atoms with E-state index in [4.69, 9.17) is 11.6 Å². The maximum atomic E-state index is 10.9. The molecule has 0 atom stereocenters. The van der Waals surface area contributed by atoms with Crippen LogP contribution in [0.2, 0.25) is 0 Å². The fraction of sp³-hybridized carbons (Fsp3) is 0.600. The second kappa shape index (κ2) is 7.52. The van der Waals surface area contributed by atoms with Crippen LogP contribution < -0.4 is 17.0 Å². The molecule has 0 radical (unpaired) electrons. The smallest absolute Gasteiger partial charge is 0.233 e. The van der Waals surface area contributed by atoms with Gasteiger partial charge in [-0.1, -0.05) is 17.8 Å². The maximum absolute atomic E-state index is 10.9. The number of nitrogens with two attached hydrogens (primary N) is 2. The van der Waals surface area contributed by atoms with Gasteiger partial charge in [0.25, 0.3) is 0 Å². The zero-order chi connectivity index (χ0) is 12.7. The molecule has 0 fully saturated rings. The molecule has 1 rings (SSSR count). The second-order valence-electron chi connectivity index (χ2n) is 3.65. The van der Waals surface area contributed by atoms with Crippen molar-refractivity contribution in [2.45, 2.75) is 36.8 Å². The predicted molar refractivity (Wildman–Crippen MR) is 72.8 cm³/mol. The van der Waals surface area contributed by atoms with E-state index >= 15 is 0 Å². The van der Waals surface area contributed by atoms with E-state index in [1.165, 1.54) is 15.5 Å². The lowest BCUT2D eigenvalue weighted by atomic mass is 10.2. The minimum absolute atomic E-state index is 0.0938. The molecular formula is C10H18N4OS2. The fourth-order valence-corrected chi connectivity index (χ4v) is 3.43. The molecular weight excluding hydrogens is 256 g/mol. The molecule has 0 unspecified atom stereocenters. The predicted octanol–water partition coefficient (Wildman–Crippen LogP) is 1.68. The van der Waals surface area contributed by atoms with Crippen molar-refractivity contribution in [3.05, 3.63) is 5.69 Å². The second-order valence-corrected chi connectivity index (χ2v) is 6.05. The van der Waals surface area contributed by atoms with Gasteiger partial charge < -0.3 is 5.73 Å². The number of thiazole rings is 1. The summed E-state index contributed by atoms with van der Waals surface area (Å²) in [4.78, 5) is 15.0. The number of hydrazine groups is 1. The van der Waals surface area contributed by atoms with Crippen LogP contribution in [0.25, 0.3) is 0 Å². The number of anilines is 1. The van der Waals surface area contributed by atoms with Gasteiger partial charge in [-0.2, -0.15) is 0 Å². The summed E-state index contributed by atoms with van der Waals surface area (Å²) in [5.41, 5.74) is 8.76. The number of rotatable bonds is 7. The Balaban J connectivity index is 2.08. The Morgan fingerprint density at radius 1 is 1.47 bits per heavy atom. The van der Waals surface area contributed by atoms with Crippen LogP contribution in [0.1, 0.15) is 31.4 Å². The molecule has 1 amide bonds. The third-order valence-electron chi connectivity index (χ3n) is 2.21.